The number of benzene rings is 2. The van der Waals surface area contributed by atoms with Crippen LogP contribution in [-0.2, 0) is 16.1 Å². The van der Waals surface area contributed by atoms with Gasteiger partial charge in [0.25, 0.3) is 0 Å². The minimum atomic E-state index is -0.989. The number of carboxylic acid groups (broad SMARTS) is 1. The Hall–Kier alpha value is -2.40. The second kappa shape index (κ2) is 7.56. The first-order valence-corrected chi connectivity index (χ1v) is 7.27. The molecule has 0 bridgehead atoms. The van der Waals surface area contributed by atoms with Crippen LogP contribution in [0.25, 0.3) is 6.08 Å². The first-order chi connectivity index (χ1) is 10.6. The number of halogens is 1. The summed E-state index contributed by atoms with van der Waals surface area (Å²) >= 11 is 3.17. The van der Waals surface area contributed by atoms with E-state index in [4.69, 9.17) is 9.84 Å². The van der Waals surface area contributed by atoms with Gasteiger partial charge < -0.3 is 9.84 Å². The Labute approximate surface area is 136 Å². The van der Waals surface area contributed by atoms with Crippen molar-refractivity contribution in [1.82, 2.24) is 0 Å². The summed E-state index contributed by atoms with van der Waals surface area (Å²) < 4.78 is 5.45. The number of aromatic carboxylic acids is 1. The van der Waals surface area contributed by atoms with E-state index >= 15 is 0 Å². The molecule has 0 spiro atoms. The molecule has 0 amide bonds. The van der Waals surface area contributed by atoms with Crippen LogP contribution in [0.5, 0.6) is 0 Å². The topological polar surface area (TPSA) is 63.6 Å². The molecule has 112 valence electrons. The first-order valence-electron chi connectivity index (χ1n) is 6.48. The second-order valence-electron chi connectivity index (χ2n) is 4.48. The monoisotopic (exact) mass is 360 g/mol. The highest BCUT2D eigenvalue weighted by atomic mass is 79.9. The molecule has 0 unspecified atom stereocenters. The molecular weight excluding hydrogens is 348 g/mol. The van der Waals surface area contributed by atoms with Gasteiger partial charge in [-0.05, 0) is 45.3 Å². The molecule has 0 fully saturated rings. The Kier molecular flexibility index (Phi) is 5.49. The Bertz CT molecular complexity index is 690. The molecule has 0 radical (unpaired) electrons. The second-order valence-corrected chi connectivity index (χ2v) is 5.34. The van der Waals surface area contributed by atoms with Crippen LogP contribution in [0.4, 0.5) is 0 Å². The van der Waals surface area contributed by atoms with Gasteiger partial charge in [-0.3, -0.25) is 0 Å². The van der Waals surface area contributed by atoms with Crippen molar-refractivity contribution in [3.05, 3.63) is 75.8 Å². The quantitative estimate of drug-likeness (QED) is 0.649. The van der Waals surface area contributed by atoms with Gasteiger partial charge in [-0.1, -0.05) is 42.5 Å². The molecule has 0 aliphatic heterocycles. The number of carbonyl (C=O) groups is 2. The van der Waals surface area contributed by atoms with Crippen LogP contribution in [-0.4, -0.2) is 17.0 Å². The molecule has 0 heterocycles. The van der Waals surface area contributed by atoms with Crippen LogP contribution in [0.1, 0.15) is 21.5 Å². The predicted octanol–water partition coefficient (Wildman–Crippen LogP) is 3.86. The van der Waals surface area contributed by atoms with Gasteiger partial charge in [0.1, 0.15) is 11.1 Å². The van der Waals surface area contributed by atoms with E-state index in [1.54, 1.807) is 18.2 Å². The summed E-state index contributed by atoms with van der Waals surface area (Å²) in [6.45, 7) is 0.195. The smallest absolute Gasteiger partial charge is 0.345 e. The number of rotatable bonds is 5. The number of carbonyl (C=O) groups excluding carboxylic acids is 1. The van der Waals surface area contributed by atoms with Crippen LogP contribution in [0, 0.1) is 0 Å². The highest BCUT2D eigenvalue weighted by Gasteiger charge is 2.08. The summed E-state index contributed by atoms with van der Waals surface area (Å²) in [5.41, 5.74) is 1.80. The zero-order chi connectivity index (χ0) is 15.9. The molecule has 0 saturated carbocycles. The molecule has 0 aliphatic carbocycles. The largest absolute Gasteiger partial charge is 0.478 e. The van der Waals surface area contributed by atoms with Crippen molar-refractivity contribution in [2.45, 2.75) is 6.61 Å². The number of hydrogen-bond acceptors (Lipinski definition) is 3. The SMILES string of the molecule is O=C(OCc1ccccc1)C(Br)=Cc1ccc(C(=O)O)cc1. The van der Waals surface area contributed by atoms with Crippen LogP contribution >= 0.6 is 15.9 Å². The van der Waals surface area contributed by atoms with E-state index in [9.17, 15) is 9.59 Å². The lowest BCUT2D eigenvalue weighted by Crippen LogP contribution is -2.04. The minimum absolute atomic E-state index is 0.194. The van der Waals surface area contributed by atoms with Crippen molar-refractivity contribution in [2.75, 3.05) is 0 Å². The molecule has 2 rings (SSSR count). The average molecular weight is 361 g/mol. The van der Waals surface area contributed by atoms with Crippen molar-refractivity contribution in [3.8, 4) is 0 Å². The summed E-state index contributed by atoms with van der Waals surface area (Å²) in [6.07, 6.45) is 1.58. The molecule has 0 aromatic heterocycles. The molecule has 22 heavy (non-hydrogen) atoms. The number of ether oxygens (including phenoxy) is 1. The standard InChI is InChI=1S/C17H13BrO4/c18-15(10-12-6-8-14(9-7-12)16(19)20)17(21)22-11-13-4-2-1-3-5-13/h1-10H,11H2,(H,19,20). The van der Waals surface area contributed by atoms with Gasteiger partial charge in [-0.2, -0.15) is 0 Å². The minimum Gasteiger partial charge on any atom is -0.478 e. The molecule has 0 aliphatic rings. The van der Waals surface area contributed by atoms with Gasteiger partial charge in [-0.25, -0.2) is 9.59 Å². The number of esters is 1. The highest BCUT2D eigenvalue weighted by molar-refractivity contribution is 9.12. The van der Waals surface area contributed by atoms with Crippen molar-refractivity contribution in [1.29, 1.82) is 0 Å². The van der Waals surface area contributed by atoms with Gasteiger partial charge in [0, 0.05) is 0 Å². The van der Waals surface area contributed by atoms with E-state index < -0.39 is 11.9 Å². The molecule has 5 heteroatoms. The van der Waals surface area contributed by atoms with Crippen LogP contribution in [0.15, 0.2) is 59.1 Å². The number of hydrogen-bond donors (Lipinski definition) is 1. The maximum atomic E-state index is 11.9. The summed E-state index contributed by atoms with van der Waals surface area (Å²) in [5, 5.41) is 8.83. The summed E-state index contributed by atoms with van der Waals surface area (Å²) in [4.78, 5) is 22.6. The molecule has 2 aromatic rings. The Balaban J connectivity index is 1.98. The van der Waals surface area contributed by atoms with Gasteiger partial charge >= 0.3 is 11.9 Å². The van der Waals surface area contributed by atoms with E-state index in [1.807, 2.05) is 30.3 Å². The highest BCUT2D eigenvalue weighted by Crippen LogP contribution is 2.16. The van der Waals surface area contributed by atoms with Crippen molar-refractivity contribution in [2.24, 2.45) is 0 Å². The normalized spacial score (nSPS) is 11.0. The third kappa shape index (κ3) is 4.56. The maximum Gasteiger partial charge on any atom is 0.345 e. The van der Waals surface area contributed by atoms with Gasteiger partial charge in [0.2, 0.25) is 0 Å². The molecule has 0 atom stereocenters. The Morgan fingerprint density at radius 1 is 1.05 bits per heavy atom. The Morgan fingerprint density at radius 2 is 1.68 bits per heavy atom. The maximum absolute atomic E-state index is 11.9. The molecule has 1 N–H and O–H groups in total. The van der Waals surface area contributed by atoms with Gasteiger partial charge in [-0.15, -0.1) is 0 Å². The fourth-order valence-electron chi connectivity index (χ4n) is 1.72. The van der Waals surface area contributed by atoms with E-state index in [2.05, 4.69) is 15.9 Å². The van der Waals surface area contributed by atoms with Crippen LogP contribution in [0.3, 0.4) is 0 Å². The lowest BCUT2D eigenvalue weighted by molar-refractivity contribution is -0.139. The summed E-state index contributed by atoms with van der Waals surface area (Å²) in [6, 6.07) is 15.6. The first kappa shape index (κ1) is 16.0. The van der Waals surface area contributed by atoms with E-state index in [-0.39, 0.29) is 16.7 Å². The van der Waals surface area contributed by atoms with Crippen LogP contribution in [0.2, 0.25) is 0 Å². The fourth-order valence-corrected chi connectivity index (χ4v) is 2.10. The third-order valence-corrected chi connectivity index (χ3v) is 3.41. The fraction of sp³-hybridized carbons (Fsp3) is 0.0588. The summed E-state index contributed by atoms with van der Waals surface area (Å²) in [7, 11) is 0. The van der Waals surface area contributed by atoms with Crippen LogP contribution < -0.4 is 0 Å². The van der Waals surface area contributed by atoms with Crippen molar-refractivity contribution < 1.29 is 19.4 Å². The molecule has 2 aromatic carbocycles. The molecular formula is C17H13BrO4. The zero-order valence-corrected chi connectivity index (χ0v) is 13.1. The lowest BCUT2D eigenvalue weighted by Gasteiger charge is -2.04. The van der Waals surface area contributed by atoms with E-state index in [0.29, 0.717) is 5.56 Å². The van der Waals surface area contributed by atoms with E-state index in [0.717, 1.165) is 5.56 Å². The predicted molar refractivity (Wildman–Crippen MR) is 86.5 cm³/mol. The zero-order valence-electron chi connectivity index (χ0n) is 11.5. The van der Waals surface area contributed by atoms with Crippen molar-refractivity contribution >= 4 is 33.9 Å². The Morgan fingerprint density at radius 3 is 2.27 bits per heavy atom. The average Bonchev–Trinajstić information content (AvgIpc) is 2.54. The molecule has 0 saturated heterocycles. The lowest BCUT2D eigenvalue weighted by atomic mass is 10.1. The van der Waals surface area contributed by atoms with Gasteiger partial charge in [0.15, 0.2) is 0 Å². The molecule has 4 nitrogen and oxygen atoms in total. The third-order valence-electron chi connectivity index (χ3n) is 2.86. The van der Waals surface area contributed by atoms with E-state index in [1.165, 1.54) is 12.1 Å². The van der Waals surface area contributed by atoms with Gasteiger partial charge in [0.05, 0.1) is 5.56 Å². The van der Waals surface area contributed by atoms with Crippen molar-refractivity contribution in [3.63, 3.8) is 0 Å². The number of carboxylic acids is 1. The summed E-state index contributed by atoms with van der Waals surface area (Å²) in [5.74, 6) is -1.47.